The Hall–Kier alpha value is -2.68. The number of amides is 2. The lowest BCUT2D eigenvalue weighted by atomic mass is 10.3. The minimum Gasteiger partial charge on any atom is -0.351 e. The van der Waals surface area contributed by atoms with Gasteiger partial charge < -0.3 is 11.1 Å². The van der Waals surface area contributed by atoms with Crippen molar-refractivity contribution in [1.82, 2.24) is 9.97 Å². The predicted octanol–water partition coefficient (Wildman–Crippen LogP) is 1.38. The molecule has 2 aromatic rings. The van der Waals surface area contributed by atoms with E-state index in [1.54, 1.807) is 19.9 Å². The number of hydrogen-bond donors (Lipinski definition) is 3. The number of sulfonamides is 1. The quantitative estimate of drug-likeness (QED) is 0.784. The van der Waals surface area contributed by atoms with Crippen LogP contribution in [0.25, 0.3) is 0 Å². The first-order chi connectivity index (χ1) is 10.3. The van der Waals surface area contributed by atoms with Gasteiger partial charge in [-0.3, -0.25) is 0 Å². The van der Waals surface area contributed by atoms with Crippen molar-refractivity contribution in [2.45, 2.75) is 18.7 Å². The highest BCUT2D eigenvalue weighted by Gasteiger charge is 2.16. The van der Waals surface area contributed by atoms with Gasteiger partial charge in [0.05, 0.1) is 4.90 Å². The number of benzene rings is 1. The summed E-state index contributed by atoms with van der Waals surface area (Å²) < 4.78 is 26.8. The molecule has 9 heteroatoms. The summed E-state index contributed by atoms with van der Waals surface area (Å²) in [4.78, 5) is 18.8. The number of nitrogens with two attached hydrogens (primary N) is 1. The van der Waals surface area contributed by atoms with E-state index in [4.69, 9.17) is 5.73 Å². The maximum absolute atomic E-state index is 12.3. The average molecular weight is 321 g/mol. The Balaban J connectivity index is 2.24. The molecule has 1 aromatic carbocycles. The smallest absolute Gasteiger partial charge is 0.316 e. The fourth-order valence-electron chi connectivity index (χ4n) is 1.81. The van der Waals surface area contributed by atoms with Crippen molar-refractivity contribution in [3.8, 4) is 0 Å². The highest BCUT2D eigenvalue weighted by atomic mass is 32.2. The fourth-order valence-corrected chi connectivity index (χ4v) is 2.75. The number of carbonyl (C=O) groups excluding carboxylic acids is 1. The standard InChI is InChI=1S/C13H15N5O3S/c1-8-7-9(2)16-13(15-8)18-22(20,21)11-5-3-10(4-6-11)17-12(14)19/h3-7H,1-2H3,(H3,14,17,19)(H,15,16,18). The van der Waals surface area contributed by atoms with Crippen LogP contribution in [0.2, 0.25) is 0 Å². The Morgan fingerprint density at radius 1 is 1.09 bits per heavy atom. The molecular formula is C13H15N5O3S. The molecule has 0 aliphatic rings. The number of nitrogens with zero attached hydrogens (tertiary/aromatic N) is 2. The third kappa shape index (κ3) is 3.92. The fraction of sp³-hybridized carbons (Fsp3) is 0.154. The van der Waals surface area contributed by atoms with Crippen molar-refractivity contribution in [3.63, 3.8) is 0 Å². The van der Waals surface area contributed by atoms with Crippen LogP contribution in [-0.2, 0) is 10.0 Å². The van der Waals surface area contributed by atoms with Crippen molar-refractivity contribution in [3.05, 3.63) is 41.7 Å². The summed E-state index contributed by atoms with van der Waals surface area (Å²) in [5.41, 5.74) is 6.70. The SMILES string of the molecule is Cc1cc(C)nc(NS(=O)(=O)c2ccc(NC(N)=O)cc2)n1. The third-order valence-corrected chi connectivity index (χ3v) is 3.98. The Morgan fingerprint density at radius 2 is 1.64 bits per heavy atom. The molecule has 0 fully saturated rings. The molecule has 22 heavy (non-hydrogen) atoms. The van der Waals surface area contributed by atoms with Crippen LogP contribution in [0.5, 0.6) is 0 Å². The van der Waals surface area contributed by atoms with Gasteiger partial charge in [0.1, 0.15) is 0 Å². The summed E-state index contributed by atoms with van der Waals surface area (Å²) in [6, 6.07) is 6.56. The van der Waals surface area contributed by atoms with Gasteiger partial charge in [-0.05, 0) is 44.2 Å². The number of urea groups is 1. The summed E-state index contributed by atoms with van der Waals surface area (Å²) in [7, 11) is -3.81. The van der Waals surface area contributed by atoms with E-state index in [0.717, 1.165) is 0 Å². The maximum atomic E-state index is 12.3. The molecule has 2 rings (SSSR count). The molecule has 0 spiro atoms. The molecule has 0 bridgehead atoms. The normalized spacial score (nSPS) is 11.0. The zero-order valence-electron chi connectivity index (χ0n) is 12.0. The molecule has 8 nitrogen and oxygen atoms in total. The van der Waals surface area contributed by atoms with E-state index in [1.165, 1.54) is 24.3 Å². The van der Waals surface area contributed by atoms with Crippen LogP contribution < -0.4 is 15.8 Å². The second kappa shape index (κ2) is 5.98. The van der Waals surface area contributed by atoms with Gasteiger partial charge >= 0.3 is 6.03 Å². The first-order valence-electron chi connectivity index (χ1n) is 6.28. The van der Waals surface area contributed by atoms with Gasteiger partial charge in [0.15, 0.2) is 0 Å². The van der Waals surface area contributed by atoms with E-state index in [-0.39, 0.29) is 10.8 Å². The van der Waals surface area contributed by atoms with Crippen molar-refractivity contribution >= 4 is 27.7 Å². The number of rotatable bonds is 4. The topological polar surface area (TPSA) is 127 Å². The molecule has 1 aromatic heterocycles. The summed E-state index contributed by atoms with van der Waals surface area (Å²) in [5.74, 6) is 0.0110. The predicted molar refractivity (Wildman–Crippen MR) is 82.0 cm³/mol. The molecule has 0 aliphatic carbocycles. The van der Waals surface area contributed by atoms with Gasteiger partial charge in [0.2, 0.25) is 5.95 Å². The molecule has 2 amide bonds. The van der Waals surface area contributed by atoms with E-state index in [2.05, 4.69) is 20.0 Å². The van der Waals surface area contributed by atoms with Crippen molar-refractivity contribution in [2.75, 3.05) is 10.0 Å². The van der Waals surface area contributed by atoms with Crippen LogP contribution in [0.3, 0.4) is 0 Å². The van der Waals surface area contributed by atoms with Gasteiger partial charge in [0.25, 0.3) is 10.0 Å². The zero-order chi connectivity index (χ0) is 16.3. The third-order valence-electron chi connectivity index (χ3n) is 2.64. The largest absolute Gasteiger partial charge is 0.351 e. The first kappa shape index (κ1) is 15.7. The molecule has 0 atom stereocenters. The lowest BCUT2D eigenvalue weighted by molar-refractivity contribution is 0.259. The number of aryl methyl sites for hydroxylation is 2. The monoisotopic (exact) mass is 321 g/mol. The Labute approximate surface area is 127 Å². The van der Waals surface area contributed by atoms with E-state index in [0.29, 0.717) is 17.1 Å². The van der Waals surface area contributed by atoms with E-state index in [1.807, 2.05) is 0 Å². The highest BCUT2D eigenvalue weighted by Crippen LogP contribution is 2.16. The van der Waals surface area contributed by atoms with Gasteiger partial charge in [-0.25, -0.2) is 27.9 Å². The number of nitrogens with one attached hydrogen (secondary N) is 2. The maximum Gasteiger partial charge on any atom is 0.316 e. The first-order valence-corrected chi connectivity index (χ1v) is 7.76. The second-order valence-corrected chi connectivity index (χ2v) is 6.28. The summed E-state index contributed by atoms with van der Waals surface area (Å²) >= 11 is 0. The molecule has 116 valence electrons. The van der Waals surface area contributed by atoms with E-state index < -0.39 is 16.1 Å². The Bertz CT molecular complexity index is 783. The van der Waals surface area contributed by atoms with Crippen molar-refractivity contribution in [2.24, 2.45) is 5.73 Å². The van der Waals surface area contributed by atoms with Crippen LogP contribution in [0.15, 0.2) is 35.2 Å². The summed E-state index contributed by atoms with van der Waals surface area (Å²) in [6.07, 6.45) is 0. The second-order valence-electron chi connectivity index (χ2n) is 4.59. The minimum absolute atomic E-state index is 0.0110. The zero-order valence-corrected chi connectivity index (χ0v) is 12.8. The molecule has 4 N–H and O–H groups in total. The molecule has 0 aliphatic heterocycles. The van der Waals surface area contributed by atoms with Crippen molar-refractivity contribution < 1.29 is 13.2 Å². The molecule has 0 saturated heterocycles. The molecule has 0 unspecified atom stereocenters. The van der Waals surface area contributed by atoms with Crippen LogP contribution in [0.4, 0.5) is 16.4 Å². The van der Waals surface area contributed by atoms with E-state index in [9.17, 15) is 13.2 Å². The van der Waals surface area contributed by atoms with Gasteiger partial charge in [0, 0.05) is 17.1 Å². The summed E-state index contributed by atoms with van der Waals surface area (Å²) in [6.45, 7) is 3.49. The van der Waals surface area contributed by atoms with Crippen LogP contribution in [0, 0.1) is 13.8 Å². The average Bonchev–Trinajstić information content (AvgIpc) is 2.36. The number of primary amides is 1. The van der Waals surface area contributed by atoms with Gasteiger partial charge in [-0.1, -0.05) is 0 Å². The number of anilines is 2. The molecular weight excluding hydrogens is 306 g/mol. The van der Waals surface area contributed by atoms with Gasteiger partial charge in [-0.2, -0.15) is 0 Å². The van der Waals surface area contributed by atoms with Crippen LogP contribution >= 0.6 is 0 Å². The lowest BCUT2D eigenvalue weighted by Gasteiger charge is -2.08. The van der Waals surface area contributed by atoms with Crippen molar-refractivity contribution in [1.29, 1.82) is 0 Å². The highest BCUT2D eigenvalue weighted by molar-refractivity contribution is 7.92. The van der Waals surface area contributed by atoms with Crippen LogP contribution in [0.1, 0.15) is 11.4 Å². The summed E-state index contributed by atoms with van der Waals surface area (Å²) in [5, 5.41) is 2.35. The minimum atomic E-state index is -3.81. The Morgan fingerprint density at radius 3 is 2.14 bits per heavy atom. The number of aromatic nitrogens is 2. The Kier molecular flexibility index (Phi) is 4.27. The lowest BCUT2D eigenvalue weighted by Crippen LogP contribution is -2.19. The van der Waals surface area contributed by atoms with Crippen LogP contribution in [-0.4, -0.2) is 24.4 Å². The molecule has 1 heterocycles. The van der Waals surface area contributed by atoms with E-state index >= 15 is 0 Å². The molecule has 0 radical (unpaired) electrons. The number of hydrogen-bond acceptors (Lipinski definition) is 5. The number of carbonyl (C=O) groups is 1. The molecule has 0 saturated carbocycles. The van der Waals surface area contributed by atoms with Gasteiger partial charge in [-0.15, -0.1) is 0 Å².